The molecule has 0 saturated heterocycles. The number of non-ortho nitro benzene ring substituents is 1. The number of benzene rings is 1. The second kappa shape index (κ2) is 8.02. The Kier molecular flexibility index (Phi) is 6.67. The molecule has 0 radical (unpaired) electrons. The average molecular weight is 337 g/mol. The summed E-state index contributed by atoms with van der Waals surface area (Å²) in [4.78, 5) is 21.4. The molecule has 0 saturated carbocycles. The summed E-state index contributed by atoms with van der Waals surface area (Å²) in [5, 5.41) is 13.5. The summed E-state index contributed by atoms with van der Waals surface area (Å²) < 4.78 is 10.0. The first kappa shape index (κ1) is 17.5. The van der Waals surface area contributed by atoms with E-state index in [1.54, 1.807) is 7.05 Å². The second-order valence-corrected chi connectivity index (χ2v) is 4.81. The highest BCUT2D eigenvalue weighted by atomic mass is 35.5. The van der Waals surface area contributed by atoms with Gasteiger partial charge >= 0.3 is 5.97 Å². The summed E-state index contributed by atoms with van der Waals surface area (Å²) in [5.74, 6) is -0.273. The van der Waals surface area contributed by atoms with Gasteiger partial charge in [0.05, 0.1) is 28.7 Å². The number of methoxy groups -OCH3 is 1. The van der Waals surface area contributed by atoms with E-state index in [4.69, 9.17) is 27.9 Å². The van der Waals surface area contributed by atoms with Crippen molar-refractivity contribution in [3.8, 4) is 5.75 Å². The van der Waals surface area contributed by atoms with E-state index in [0.29, 0.717) is 6.42 Å². The molecule has 7 nitrogen and oxygen atoms in total. The summed E-state index contributed by atoms with van der Waals surface area (Å²) in [5.41, 5.74) is -0.222. The number of hydrogen-bond donors (Lipinski definition) is 1. The molecule has 0 aliphatic heterocycles. The van der Waals surface area contributed by atoms with Crippen LogP contribution in [0.5, 0.6) is 5.75 Å². The number of nitro groups is 1. The topological polar surface area (TPSA) is 90.7 Å². The van der Waals surface area contributed by atoms with Crippen molar-refractivity contribution >= 4 is 34.9 Å². The molecule has 0 spiro atoms. The van der Waals surface area contributed by atoms with Gasteiger partial charge in [0.25, 0.3) is 5.69 Å². The Morgan fingerprint density at radius 2 is 2.00 bits per heavy atom. The van der Waals surface area contributed by atoms with Crippen molar-refractivity contribution in [1.29, 1.82) is 0 Å². The molecule has 21 heavy (non-hydrogen) atoms. The smallest absolute Gasteiger partial charge is 0.322 e. The Hall–Kier alpha value is -1.57. The zero-order chi connectivity index (χ0) is 16.0. The minimum absolute atomic E-state index is 0.0354. The molecule has 0 aromatic heterocycles. The molecular formula is C12H14Cl2N2O5. The quantitative estimate of drug-likeness (QED) is 0.467. The SMILES string of the molecule is CNC(CCOc1c(Cl)cc([N+](=O)[O-])cc1Cl)C(=O)OC. The van der Waals surface area contributed by atoms with Crippen molar-refractivity contribution in [2.24, 2.45) is 0 Å². The number of esters is 1. The molecule has 1 N–H and O–H groups in total. The number of hydrogen-bond acceptors (Lipinski definition) is 6. The van der Waals surface area contributed by atoms with E-state index in [1.807, 2.05) is 0 Å². The van der Waals surface area contributed by atoms with Gasteiger partial charge in [-0.1, -0.05) is 23.2 Å². The van der Waals surface area contributed by atoms with Gasteiger partial charge in [-0.05, 0) is 7.05 Å². The molecule has 1 rings (SSSR count). The highest BCUT2D eigenvalue weighted by molar-refractivity contribution is 6.37. The lowest BCUT2D eigenvalue weighted by Crippen LogP contribution is -2.36. The maximum absolute atomic E-state index is 11.4. The first-order valence-electron chi connectivity index (χ1n) is 5.92. The van der Waals surface area contributed by atoms with Crippen LogP contribution in [0.3, 0.4) is 0 Å². The van der Waals surface area contributed by atoms with E-state index in [9.17, 15) is 14.9 Å². The van der Waals surface area contributed by atoms with Gasteiger partial charge in [0.15, 0.2) is 5.75 Å². The summed E-state index contributed by atoms with van der Waals surface area (Å²) in [6, 6.07) is 1.78. The molecular weight excluding hydrogens is 323 g/mol. The third-order valence-corrected chi connectivity index (χ3v) is 3.24. The van der Waals surface area contributed by atoms with E-state index in [-0.39, 0.29) is 28.1 Å². The molecule has 0 bridgehead atoms. The third-order valence-electron chi connectivity index (χ3n) is 2.68. The third kappa shape index (κ3) is 4.73. The Labute approximate surface area is 131 Å². The van der Waals surface area contributed by atoms with Gasteiger partial charge in [-0.25, -0.2) is 0 Å². The lowest BCUT2D eigenvalue weighted by Gasteiger charge is -2.15. The number of ether oxygens (including phenoxy) is 2. The molecule has 1 aromatic carbocycles. The standard InChI is InChI=1S/C12H14Cl2N2O5/c1-15-10(12(17)20-2)3-4-21-11-8(13)5-7(16(18)19)6-9(11)14/h5-6,10,15H,3-4H2,1-2H3. The molecule has 1 atom stereocenters. The van der Waals surface area contributed by atoms with Gasteiger partial charge < -0.3 is 14.8 Å². The molecule has 0 amide bonds. The van der Waals surface area contributed by atoms with Gasteiger partial charge in [-0.3, -0.25) is 14.9 Å². The largest absolute Gasteiger partial charge is 0.490 e. The maximum atomic E-state index is 11.4. The average Bonchev–Trinajstić information content (AvgIpc) is 2.44. The fourth-order valence-corrected chi connectivity index (χ4v) is 2.18. The van der Waals surface area contributed by atoms with Gasteiger partial charge in [0.2, 0.25) is 0 Å². The van der Waals surface area contributed by atoms with Crippen LogP contribution in [0.4, 0.5) is 5.69 Å². The van der Waals surface area contributed by atoms with E-state index >= 15 is 0 Å². The number of halogens is 2. The van der Waals surface area contributed by atoms with Crippen molar-refractivity contribution in [1.82, 2.24) is 5.32 Å². The lowest BCUT2D eigenvalue weighted by atomic mass is 10.2. The maximum Gasteiger partial charge on any atom is 0.322 e. The van der Waals surface area contributed by atoms with Gasteiger partial charge in [-0.15, -0.1) is 0 Å². The first-order chi connectivity index (χ1) is 9.90. The van der Waals surface area contributed by atoms with Gasteiger partial charge in [0.1, 0.15) is 6.04 Å². The summed E-state index contributed by atoms with van der Waals surface area (Å²) in [6.07, 6.45) is 0.326. The normalized spacial score (nSPS) is 11.8. The van der Waals surface area contributed by atoms with E-state index in [1.165, 1.54) is 7.11 Å². The number of rotatable bonds is 7. The van der Waals surface area contributed by atoms with Crippen LogP contribution in [0.25, 0.3) is 0 Å². The predicted molar refractivity (Wildman–Crippen MR) is 78.1 cm³/mol. The second-order valence-electron chi connectivity index (χ2n) is 4.00. The number of nitrogens with one attached hydrogen (secondary N) is 1. The fraction of sp³-hybridized carbons (Fsp3) is 0.417. The van der Waals surface area contributed by atoms with E-state index in [2.05, 4.69) is 10.1 Å². The number of carbonyl (C=O) groups is 1. The highest BCUT2D eigenvalue weighted by Gasteiger charge is 2.19. The molecule has 0 heterocycles. The molecule has 0 aliphatic rings. The molecule has 0 aliphatic carbocycles. The Bertz CT molecular complexity index is 515. The predicted octanol–water partition coefficient (Wildman–Crippen LogP) is 2.43. The van der Waals surface area contributed by atoms with Crippen LogP contribution in [0.2, 0.25) is 10.0 Å². The Morgan fingerprint density at radius 1 is 1.43 bits per heavy atom. The van der Waals surface area contributed by atoms with Gasteiger partial charge in [0, 0.05) is 18.6 Å². The number of likely N-dealkylation sites (N-methyl/N-ethyl adjacent to an activating group) is 1. The molecule has 116 valence electrons. The van der Waals surface area contributed by atoms with Crippen LogP contribution in [0, 0.1) is 10.1 Å². The van der Waals surface area contributed by atoms with Crippen molar-refractivity contribution in [2.45, 2.75) is 12.5 Å². The first-order valence-corrected chi connectivity index (χ1v) is 6.67. The van der Waals surface area contributed by atoms with Crippen molar-refractivity contribution in [3.63, 3.8) is 0 Å². The van der Waals surface area contributed by atoms with Crippen molar-refractivity contribution < 1.29 is 19.2 Å². The summed E-state index contributed by atoms with van der Waals surface area (Å²) >= 11 is 11.8. The zero-order valence-corrected chi connectivity index (χ0v) is 12.9. The fourth-order valence-electron chi connectivity index (χ4n) is 1.59. The number of carbonyl (C=O) groups excluding carboxylic acids is 1. The minimum Gasteiger partial charge on any atom is -0.490 e. The monoisotopic (exact) mass is 336 g/mol. The summed E-state index contributed by atoms with van der Waals surface area (Å²) in [6.45, 7) is 0.137. The number of nitro benzene ring substituents is 1. The van der Waals surface area contributed by atoms with E-state index < -0.39 is 16.9 Å². The van der Waals surface area contributed by atoms with Crippen molar-refractivity contribution in [2.75, 3.05) is 20.8 Å². The zero-order valence-electron chi connectivity index (χ0n) is 11.4. The molecule has 1 unspecified atom stereocenters. The highest BCUT2D eigenvalue weighted by Crippen LogP contribution is 2.36. The molecule has 1 aromatic rings. The number of nitrogens with zero attached hydrogens (tertiary/aromatic N) is 1. The van der Waals surface area contributed by atoms with Crippen LogP contribution in [0.1, 0.15) is 6.42 Å². The van der Waals surface area contributed by atoms with Crippen molar-refractivity contribution in [3.05, 3.63) is 32.3 Å². The minimum atomic E-state index is -0.601. The summed E-state index contributed by atoms with van der Waals surface area (Å²) in [7, 11) is 2.91. The van der Waals surface area contributed by atoms with E-state index in [0.717, 1.165) is 12.1 Å². The van der Waals surface area contributed by atoms with Crippen LogP contribution in [0.15, 0.2) is 12.1 Å². The lowest BCUT2D eigenvalue weighted by molar-refractivity contribution is -0.384. The Balaban J connectivity index is 2.72. The van der Waals surface area contributed by atoms with Crippen LogP contribution in [-0.4, -0.2) is 37.7 Å². The Morgan fingerprint density at radius 3 is 2.43 bits per heavy atom. The van der Waals surface area contributed by atoms with Gasteiger partial charge in [-0.2, -0.15) is 0 Å². The van der Waals surface area contributed by atoms with Crippen LogP contribution in [-0.2, 0) is 9.53 Å². The van der Waals surface area contributed by atoms with Crippen LogP contribution < -0.4 is 10.1 Å². The van der Waals surface area contributed by atoms with Crippen LogP contribution >= 0.6 is 23.2 Å². The molecule has 9 heteroatoms. The molecule has 0 fully saturated rings.